The molecule has 0 spiro atoms. The Hall–Kier alpha value is -2.28. The molecular formula is C17H21NO6. The van der Waals surface area contributed by atoms with E-state index in [1.165, 1.54) is 0 Å². The monoisotopic (exact) mass is 335 g/mol. The maximum atomic E-state index is 12.4. The highest BCUT2D eigenvalue weighted by Crippen LogP contribution is 2.42. The molecule has 1 N–H and O–H groups in total. The third-order valence-corrected chi connectivity index (χ3v) is 4.91. The van der Waals surface area contributed by atoms with Crippen LogP contribution >= 0.6 is 0 Å². The molecule has 0 bridgehead atoms. The van der Waals surface area contributed by atoms with Gasteiger partial charge in [-0.3, -0.25) is 9.59 Å². The highest BCUT2D eigenvalue weighted by atomic mass is 16.5. The van der Waals surface area contributed by atoms with Gasteiger partial charge in [-0.05, 0) is 30.7 Å². The topological polar surface area (TPSA) is 85.3 Å². The Morgan fingerprint density at radius 2 is 2.04 bits per heavy atom. The van der Waals surface area contributed by atoms with Crippen molar-refractivity contribution in [2.45, 2.75) is 6.42 Å². The van der Waals surface area contributed by atoms with Gasteiger partial charge < -0.3 is 24.2 Å². The van der Waals surface area contributed by atoms with E-state index in [-0.39, 0.29) is 25.0 Å². The van der Waals surface area contributed by atoms with Crippen molar-refractivity contribution in [2.75, 3.05) is 40.0 Å². The van der Waals surface area contributed by atoms with E-state index in [1.54, 1.807) is 36.3 Å². The van der Waals surface area contributed by atoms with Crippen molar-refractivity contribution in [2.24, 2.45) is 11.3 Å². The number of hydrogen-bond acceptors (Lipinski definition) is 5. The van der Waals surface area contributed by atoms with E-state index >= 15 is 0 Å². The van der Waals surface area contributed by atoms with Crippen molar-refractivity contribution < 1.29 is 28.9 Å². The molecule has 0 saturated carbocycles. The van der Waals surface area contributed by atoms with Crippen LogP contribution < -0.4 is 9.47 Å². The zero-order valence-corrected chi connectivity index (χ0v) is 13.6. The van der Waals surface area contributed by atoms with Crippen LogP contribution in [0.4, 0.5) is 0 Å². The van der Waals surface area contributed by atoms with Gasteiger partial charge in [0, 0.05) is 25.6 Å². The number of benzene rings is 1. The molecular weight excluding hydrogens is 314 g/mol. The Balaban J connectivity index is 1.60. The molecule has 3 rings (SSSR count). The number of carbonyl (C=O) groups excluding carboxylic acids is 1. The normalized spacial score (nSPS) is 25.9. The lowest BCUT2D eigenvalue weighted by Gasteiger charge is -2.33. The van der Waals surface area contributed by atoms with Crippen LogP contribution in [-0.4, -0.2) is 61.9 Å². The standard InChI is InChI=1S/C17H21NO6/c1-22-13-2-4-14(5-3-13)24-10-15(19)18-8-12-9-23-7-6-17(12,11-18)16(20)21/h2-5,12H,6-11H2,1H3,(H,20,21)/t12-,17+/m0/s1. The zero-order chi connectivity index (χ0) is 17.2. The predicted octanol–water partition coefficient (Wildman–Crippen LogP) is 1.02. The molecule has 2 heterocycles. The molecule has 7 heteroatoms. The summed E-state index contributed by atoms with van der Waals surface area (Å²) in [7, 11) is 1.58. The van der Waals surface area contributed by atoms with E-state index in [4.69, 9.17) is 14.2 Å². The highest BCUT2D eigenvalue weighted by molar-refractivity contribution is 5.82. The zero-order valence-electron chi connectivity index (χ0n) is 13.6. The SMILES string of the molecule is COc1ccc(OCC(=O)N2C[C@H]3COCC[C@@]3(C(=O)O)C2)cc1. The summed E-state index contributed by atoms with van der Waals surface area (Å²) in [6.07, 6.45) is 0.441. The van der Waals surface area contributed by atoms with Crippen LogP contribution in [0.3, 0.4) is 0 Å². The molecule has 0 unspecified atom stereocenters. The Morgan fingerprint density at radius 3 is 2.67 bits per heavy atom. The van der Waals surface area contributed by atoms with Gasteiger partial charge >= 0.3 is 5.97 Å². The summed E-state index contributed by atoms with van der Waals surface area (Å²) in [6.45, 7) is 1.32. The van der Waals surface area contributed by atoms with E-state index in [2.05, 4.69) is 0 Å². The van der Waals surface area contributed by atoms with Crippen LogP contribution in [0, 0.1) is 11.3 Å². The van der Waals surface area contributed by atoms with Crippen LogP contribution in [-0.2, 0) is 14.3 Å². The molecule has 2 aliphatic rings. The minimum absolute atomic E-state index is 0.115. The fraction of sp³-hybridized carbons (Fsp3) is 0.529. The quantitative estimate of drug-likeness (QED) is 0.865. The largest absolute Gasteiger partial charge is 0.497 e. The fourth-order valence-electron chi connectivity index (χ4n) is 3.40. The number of fused-ring (bicyclic) bond motifs is 1. The number of methoxy groups -OCH3 is 1. The number of rotatable bonds is 5. The molecule has 2 aliphatic heterocycles. The van der Waals surface area contributed by atoms with Crippen molar-refractivity contribution in [1.29, 1.82) is 0 Å². The molecule has 1 aromatic carbocycles. The number of likely N-dealkylation sites (tertiary alicyclic amines) is 1. The van der Waals surface area contributed by atoms with Gasteiger partial charge in [0.1, 0.15) is 11.5 Å². The van der Waals surface area contributed by atoms with E-state index in [9.17, 15) is 14.7 Å². The average molecular weight is 335 g/mol. The number of amides is 1. The molecule has 7 nitrogen and oxygen atoms in total. The van der Waals surface area contributed by atoms with Gasteiger partial charge in [-0.15, -0.1) is 0 Å². The van der Waals surface area contributed by atoms with Gasteiger partial charge in [0.15, 0.2) is 6.61 Å². The molecule has 0 radical (unpaired) electrons. The van der Waals surface area contributed by atoms with Crippen molar-refractivity contribution in [3.8, 4) is 11.5 Å². The summed E-state index contributed by atoms with van der Waals surface area (Å²) in [5.74, 6) is 0.0643. The molecule has 24 heavy (non-hydrogen) atoms. The smallest absolute Gasteiger partial charge is 0.311 e. The first-order chi connectivity index (χ1) is 11.5. The summed E-state index contributed by atoms with van der Waals surface area (Å²) in [5, 5.41) is 9.62. The maximum absolute atomic E-state index is 12.4. The van der Waals surface area contributed by atoms with Crippen LogP contribution in [0.1, 0.15) is 6.42 Å². The summed E-state index contributed by atoms with van der Waals surface area (Å²) >= 11 is 0. The van der Waals surface area contributed by atoms with E-state index in [0.717, 1.165) is 0 Å². The first-order valence-corrected chi connectivity index (χ1v) is 7.91. The Bertz CT molecular complexity index is 616. The van der Waals surface area contributed by atoms with Gasteiger partial charge in [0.25, 0.3) is 5.91 Å². The molecule has 0 aromatic heterocycles. The van der Waals surface area contributed by atoms with Crippen LogP contribution in [0.2, 0.25) is 0 Å². The molecule has 2 fully saturated rings. The van der Waals surface area contributed by atoms with Gasteiger partial charge in [-0.1, -0.05) is 0 Å². The third-order valence-electron chi connectivity index (χ3n) is 4.91. The minimum Gasteiger partial charge on any atom is -0.497 e. The number of carbonyl (C=O) groups is 2. The number of ether oxygens (including phenoxy) is 3. The lowest BCUT2D eigenvalue weighted by molar-refractivity contribution is -0.157. The van der Waals surface area contributed by atoms with E-state index in [0.29, 0.717) is 37.7 Å². The van der Waals surface area contributed by atoms with E-state index < -0.39 is 11.4 Å². The van der Waals surface area contributed by atoms with Crippen molar-refractivity contribution >= 4 is 11.9 Å². The summed E-state index contributed by atoms with van der Waals surface area (Å²) in [5.41, 5.74) is -0.881. The summed E-state index contributed by atoms with van der Waals surface area (Å²) < 4.78 is 16.0. The van der Waals surface area contributed by atoms with Crippen molar-refractivity contribution in [3.05, 3.63) is 24.3 Å². The number of aliphatic carboxylic acids is 1. The molecule has 2 saturated heterocycles. The number of carboxylic acid groups (broad SMARTS) is 1. The summed E-state index contributed by atoms with van der Waals surface area (Å²) in [6, 6.07) is 6.95. The molecule has 1 aromatic rings. The first-order valence-electron chi connectivity index (χ1n) is 7.91. The van der Waals surface area contributed by atoms with Crippen molar-refractivity contribution in [1.82, 2.24) is 4.90 Å². The Labute approximate surface area is 140 Å². The average Bonchev–Trinajstić information content (AvgIpc) is 3.01. The fourth-order valence-corrected chi connectivity index (χ4v) is 3.40. The second kappa shape index (κ2) is 6.68. The number of nitrogens with zero attached hydrogens (tertiary/aromatic N) is 1. The third kappa shape index (κ3) is 3.03. The van der Waals surface area contributed by atoms with Gasteiger partial charge in [-0.25, -0.2) is 0 Å². The van der Waals surface area contributed by atoms with Crippen LogP contribution in [0.5, 0.6) is 11.5 Å². The Kier molecular flexibility index (Phi) is 4.62. The van der Waals surface area contributed by atoms with Gasteiger partial charge in [0.05, 0.1) is 19.1 Å². The molecule has 130 valence electrons. The van der Waals surface area contributed by atoms with E-state index in [1.807, 2.05) is 0 Å². The number of hydrogen-bond donors (Lipinski definition) is 1. The molecule has 2 atom stereocenters. The lowest BCUT2D eigenvalue weighted by atomic mass is 9.74. The highest BCUT2D eigenvalue weighted by Gasteiger charge is 2.54. The maximum Gasteiger partial charge on any atom is 0.311 e. The minimum atomic E-state index is -0.881. The lowest BCUT2D eigenvalue weighted by Crippen LogP contribution is -2.45. The molecule has 0 aliphatic carbocycles. The van der Waals surface area contributed by atoms with Crippen molar-refractivity contribution in [3.63, 3.8) is 0 Å². The van der Waals surface area contributed by atoms with Crippen LogP contribution in [0.15, 0.2) is 24.3 Å². The number of carboxylic acids is 1. The predicted molar refractivity (Wildman–Crippen MR) is 84.1 cm³/mol. The van der Waals surface area contributed by atoms with Gasteiger partial charge in [-0.2, -0.15) is 0 Å². The Morgan fingerprint density at radius 1 is 1.33 bits per heavy atom. The second-order valence-corrected chi connectivity index (χ2v) is 6.22. The first kappa shape index (κ1) is 16.6. The van der Waals surface area contributed by atoms with Gasteiger partial charge in [0.2, 0.25) is 0 Å². The summed E-state index contributed by atoms with van der Waals surface area (Å²) in [4.78, 5) is 25.7. The second-order valence-electron chi connectivity index (χ2n) is 6.22. The van der Waals surface area contributed by atoms with Crippen LogP contribution in [0.25, 0.3) is 0 Å². The molecule has 1 amide bonds.